The molecule has 0 radical (unpaired) electrons. The van der Waals surface area contributed by atoms with Gasteiger partial charge in [-0.1, -0.05) is 30.3 Å². The van der Waals surface area contributed by atoms with E-state index >= 15 is 0 Å². The number of carbonyl (C=O) groups excluding carboxylic acids is 2. The van der Waals surface area contributed by atoms with Crippen LogP contribution >= 0.6 is 11.8 Å². The van der Waals surface area contributed by atoms with Crippen LogP contribution in [-0.4, -0.2) is 41.3 Å². The second kappa shape index (κ2) is 6.10. The Kier molecular flexibility index (Phi) is 4.19. The van der Waals surface area contributed by atoms with Crippen LogP contribution in [0.25, 0.3) is 0 Å². The van der Waals surface area contributed by atoms with Crippen molar-refractivity contribution in [2.75, 3.05) is 18.6 Å². The maximum atomic E-state index is 12.7. The molecule has 112 valence electrons. The van der Waals surface area contributed by atoms with Crippen molar-refractivity contribution in [3.63, 3.8) is 0 Å². The number of carbonyl (C=O) groups is 2. The fourth-order valence-corrected chi connectivity index (χ4v) is 3.27. The smallest absolute Gasteiger partial charge is 0.248 e. The van der Waals surface area contributed by atoms with Gasteiger partial charge in [0.25, 0.3) is 0 Å². The van der Waals surface area contributed by atoms with Crippen LogP contribution in [0, 0.1) is 5.92 Å². The summed E-state index contributed by atoms with van der Waals surface area (Å²) >= 11 is 1.70. The topological polar surface area (TPSA) is 49.4 Å². The number of hydrogen-bond acceptors (Lipinski definition) is 3. The van der Waals surface area contributed by atoms with Gasteiger partial charge in [-0.2, -0.15) is 11.8 Å². The molecule has 1 saturated heterocycles. The second-order valence-electron chi connectivity index (χ2n) is 5.66. The standard InChI is InChI=1S/C16H20N2O2S/c1-21-10-9-18-14(12-5-3-2-4-6-12)15(19)17-13(16(18)20)11-7-8-11/h2-6,11,13-14H,7-10H2,1H3,(H,17,19). The van der Waals surface area contributed by atoms with Crippen LogP contribution in [-0.2, 0) is 9.59 Å². The van der Waals surface area contributed by atoms with E-state index in [-0.39, 0.29) is 17.9 Å². The van der Waals surface area contributed by atoms with E-state index < -0.39 is 6.04 Å². The molecule has 1 aliphatic carbocycles. The first-order valence-corrected chi connectivity index (χ1v) is 8.76. The third-order valence-electron chi connectivity index (χ3n) is 4.15. The number of nitrogens with one attached hydrogen (secondary N) is 1. The summed E-state index contributed by atoms with van der Waals surface area (Å²) in [5, 5.41) is 2.95. The fraction of sp³-hybridized carbons (Fsp3) is 0.500. The highest BCUT2D eigenvalue weighted by molar-refractivity contribution is 7.98. The summed E-state index contributed by atoms with van der Waals surface area (Å²) in [4.78, 5) is 27.1. The van der Waals surface area contributed by atoms with Crippen molar-refractivity contribution in [2.24, 2.45) is 5.92 Å². The van der Waals surface area contributed by atoms with E-state index in [1.54, 1.807) is 16.7 Å². The summed E-state index contributed by atoms with van der Waals surface area (Å²) in [7, 11) is 0. The minimum Gasteiger partial charge on any atom is -0.342 e. The van der Waals surface area contributed by atoms with E-state index in [0.717, 1.165) is 24.2 Å². The van der Waals surface area contributed by atoms with Gasteiger partial charge in [0.1, 0.15) is 12.1 Å². The summed E-state index contributed by atoms with van der Waals surface area (Å²) in [6.45, 7) is 0.621. The highest BCUT2D eigenvalue weighted by atomic mass is 32.2. The minimum absolute atomic E-state index is 0.0428. The third kappa shape index (κ3) is 2.93. The highest BCUT2D eigenvalue weighted by Crippen LogP contribution is 2.37. The van der Waals surface area contributed by atoms with Crippen LogP contribution in [0.2, 0.25) is 0 Å². The Morgan fingerprint density at radius 2 is 1.95 bits per heavy atom. The summed E-state index contributed by atoms with van der Waals surface area (Å²) in [6.07, 6.45) is 4.11. The lowest BCUT2D eigenvalue weighted by atomic mass is 9.98. The van der Waals surface area contributed by atoms with Crippen molar-refractivity contribution in [1.29, 1.82) is 0 Å². The first-order chi connectivity index (χ1) is 10.2. The molecule has 4 nitrogen and oxygen atoms in total. The maximum Gasteiger partial charge on any atom is 0.248 e. The van der Waals surface area contributed by atoms with E-state index in [2.05, 4.69) is 5.32 Å². The van der Waals surface area contributed by atoms with Crippen LogP contribution in [0.4, 0.5) is 0 Å². The largest absolute Gasteiger partial charge is 0.342 e. The zero-order valence-electron chi connectivity index (χ0n) is 12.1. The molecule has 1 aromatic carbocycles. The molecule has 1 saturated carbocycles. The van der Waals surface area contributed by atoms with Crippen LogP contribution in [0.3, 0.4) is 0 Å². The molecule has 2 aliphatic rings. The molecule has 2 fully saturated rings. The Hall–Kier alpha value is -1.49. The van der Waals surface area contributed by atoms with Crippen LogP contribution in [0.15, 0.2) is 30.3 Å². The van der Waals surface area contributed by atoms with E-state index in [0.29, 0.717) is 12.5 Å². The molecule has 3 rings (SSSR count). The molecular weight excluding hydrogens is 284 g/mol. The van der Waals surface area contributed by atoms with Gasteiger partial charge in [0, 0.05) is 12.3 Å². The highest BCUT2D eigenvalue weighted by Gasteiger charge is 2.46. The van der Waals surface area contributed by atoms with Gasteiger partial charge < -0.3 is 10.2 Å². The molecule has 2 amide bonds. The van der Waals surface area contributed by atoms with Crippen molar-refractivity contribution in [2.45, 2.75) is 24.9 Å². The molecule has 1 N–H and O–H groups in total. The van der Waals surface area contributed by atoms with E-state index in [1.165, 1.54) is 0 Å². The van der Waals surface area contributed by atoms with Gasteiger partial charge in [-0.05, 0) is 30.6 Å². The lowest BCUT2D eigenvalue weighted by molar-refractivity contribution is -0.150. The van der Waals surface area contributed by atoms with Crippen molar-refractivity contribution >= 4 is 23.6 Å². The van der Waals surface area contributed by atoms with Crippen molar-refractivity contribution < 1.29 is 9.59 Å². The van der Waals surface area contributed by atoms with Crippen molar-refractivity contribution in [3.05, 3.63) is 35.9 Å². The van der Waals surface area contributed by atoms with Gasteiger partial charge in [0.05, 0.1) is 0 Å². The van der Waals surface area contributed by atoms with Crippen molar-refractivity contribution in [1.82, 2.24) is 10.2 Å². The quantitative estimate of drug-likeness (QED) is 0.903. The average Bonchev–Trinajstić information content (AvgIpc) is 3.33. The first-order valence-electron chi connectivity index (χ1n) is 7.37. The van der Waals surface area contributed by atoms with Crippen molar-refractivity contribution in [3.8, 4) is 0 Å². The lowest BCUT2D eigenvalue weighted by Gasteiger charge is -2.39. The van der Waals surface area contributed by atoms with Gasteiger partial charge in [-0.25, -0.2) is 0 Å². The SMILES string of the molecule is CSCCN1C(=O)C(C2CC2)NC(=O)C1c1ccccc1. The monoisotopic (exact) mass is 304 g/mol. The number of nitrogens with zero attached hydrogens (tertiary/aromatic N) is 1. The first kappa shape index (κ1) is 14.4. The van der Waals surface area contributed by atoms with Gasteiger partial charge in [0.2, 0.25) is 11.8 Å². The molecule has 2 atom stereocenters. The predicted octanol–water partition coefficient (Wildman–Crippen LogP) is 1.83. The summed E-state index contributed by atoms with van der Waals surface area (Å²) < 4.78 is 0. The molecule has 2 unspecified atom stereocenters. The van der Waals surface area contributed by atoms with Gasteiger partial charge >= 0.3 is 0 Å². The number of thioether (sulfide) groups is 1. The average molecular weight is 304 g/mol. The Labute approximate surface area is 129 Å². The Morgan fingerprint density at radius 3 is 2.57 bits per heavy atom. The number of benzene rings is 1. The van der Waals surface area contributed by atoms with Crippen LogP contribution in [0.5, 0.6) is 0 Å². The van der Waals surface area contributed by atoms with Gasteiger partial charge in [-0.15, -0.1) is 0 Å². The molecular formula is C16H20N2O2S. The fourth-order valence-electron chi connectivity index (χ4n) is 2.89. The zero-order valence-corrected chi connectivity index (χ0v) is 12.9. The second-order valence-corrected chi connectivity index (χ2v) is 6.65. The molecule has 0 aromatic heterocycles. The van der Waals surface area contributed by atoms with Gasteiger partial charge in [-0.3, -0.25) is 9.59 Å². The predicted molar refractivity (Wildman–Crippen MR) is 83.9 cm³/mol. The van der Waals surface area contributed by atoms with Crippen LogP contribution in [0.1, 0.15) is 24.4 Å². The Bertz CT molecular complexity index is 530. The Morgan fingerprint density at radius 1 is 1.24 bits per heavy atom. The van der Waals surface area contributed by atoms with E-state index in [9.17, 15) is 9.59 Å². The molecule has 0 spiro atoms. The maximum absolute atomic E-state index is 12.7. The van der Waals surface area contributed by atoms with Gasteiger partial charge in [0.15, 0.2) is 0 Å². The summed E-state index contributed by atoms with van der Waals surface area (Å²) in [5.74, 6) is 1.23. The third-order valence-corrected chi connectivity index (χ3v) is 4.74. The number of rotatable bonds is 5. The number of piperazine rings is 1. The van der Waals surface area contributed by atoms with Crippen LogP contribution < -0.4 is 5.32 Å². The molecule has 21 heavy (non-hydrogen) atoms. The Balaban J connectivity index is 1.88. The molecule has 5 heteroatoms. The van der Waals surface area contributed by atoms with E-state index in [4.69, 9.17) is 0 Å². The normalized spacial score (nSPS) is 25.9. The molecule has 1 aromatic rings. The number of hydrogen-bond donors (Lipinski definition) is 1. The molecule has 1 aliphatic heterocycles. The minimum atomic E-state index is -0.485. The summed E-state index contributed by atoms with van der Waals surface area (Å²) in [5.41, 5.74) is 0.888. The summed E-state index contributed by atoms with van der Waals surface area (Å²) in [6, 6.07) is 8.78. The number of amides is 2. The zero-order chi connectivity index (χ0) is 14.8. The lowest BCUT2D eigenvalue weighted by Crippen LogP contribution is -2.60. The molecule has 0 bridgehead atoms. The van der Waals surface area contributed by atoms with E-state index in [1.807, 2.05) is 36.6 Å². The molecule has 1 heterocycles.